The summed E-state index contributed by atoms with van der Waals surface area (Å²) in [6.07, 6.45) is 0. The Bertz CT molecular complexity index is 642. The van der Waals surface area contributed by atoms with Crippen molar-refractivity contribution in [2.75, 3.05) is 0 Å². The zero-order valence-electron chi connectivity index (χ0n) is 7.68. The molecule has 1 heterocycles. The summed E-state index contributed by atoms with van der Waals surface area (Å²) >= 11 is 4.70. The molecule has 0 aliphatic rings. The first-order valence-electron chi connectivity index (χ1n) is 3.55. The van der Waals surface area contributed by atoms with Crippen molar-refractivity contribution in [1.29, 1.82) is 0 Å². The Morgan fingerprint density at radius 3 is 2.67 bits per heavy atom. The van der Waals surface area contributed by atoms with Gasteiger partial charge in [0.25, 0.3) is 4.84 Å². The van der Waals surface area contributed by atoms with Crippen LogP contribution in [0.2, 0.25) is 0 Å². The summed E-state index contributed by atoms with van der Waals surface area (Å²) in [6, 6.07) is 3.75. The number of benzene rings is 1. The molecule has 8 heteroatoms. The molecular formula is C7H4NNaO4S2. The van der Waals surface area contributed by atoms with Crippen LogP contribution < -0.4 is 29.6 Å². The maximum Gasteiger partial charge on any atom is 1.00 e. The van der Waals surface area contributed by atoms with Gasteiger partial charge in [0.05, 0.1) is 10.4 Å². The SMILES string of the molecule is O=S(=O)([O-])c1ccc2oc(=S)[nH]c2c1.[Na+]. The Labute approximate surface area is 113 Å². The fraction of sp³-hybridized carbons (Fsp3) is 0. The van der Waals surface area contributed by atoms with E-state index in [0.29, 0.717) is 11.1 Å². The second-order valence-electron chi connectivity index (χ2n) is 2.63. The van der Waals surface area contributed by atoms with Gasteiger partial charge in [-0.1, -0.05) is 0 Å². The fourth-order valence-corrected chi connectivity index (χ4v) is 1.78. The van der Waals surface area contributed by atoms with Crippen molar-refractivity contribution >= 4 is 33.4 Å². The van der Waals surface area contributed by atoms with E-state index in [4.69, 9.17) is 16.6 Å². The molecule has 0 fully saturated rings. The van der Waals surface area contributed by atoms with Crippen LogP contribution in [0.5, 0.6) is 0 Å². The number of oxazole rings is 1. The summed E-state index contributed by atoms with van der Waals surface area (Å²) in [7, 11) is -4.43. The van der Waals surface area contributed by atoms with Gasteiger partial charge in [-0.15, -0.1) is 0 Å². The van der Waals surface area contributed by atoms with E-state index in [2.05, 4.69) is 4.98 Å². The van der Waals surface area contributed by atoms with Gasteiger partial charge in [0.15, 0.2) is 5.58 Å². The number of rotatable bonds is 1. The maximum absolute atomic E-state index is 10.7. The summed E-state index contributed by atoms with van der Waals surface area (Å²) in [5, 5.41) is 0. The molecule has 0 atom stereocenters. The molecule has 0 radical (unpaired) electrons. The molecule has 0 unspecified atom stereocenters. The molecule has 0 aliphatic carbocycles. The predicted octanol–water partition coefficient (Wildman–Crippen LogP) is -1.60. The predicted molar refractivity (Wildman–Crippen MR) is 49.4 cm³/mol. The molecule has 0 spiro atoms. The monoisotopic (exact) mass is 253 g/mol. The Morgan fingerprint density at radius 1 is 1.40 bits per heavy atom. The Morgan fingerprint density at radius 2 is 2.07 bits per heavy atom. The van der Waals surface area contributed by atoms with Gasteiger partial charge in [0, 0.05) is 0 Å². The van der Waals surface area contributed by atoms with Crippen LogP contribution in [0.1, 0.15) is 0 Å². The van der Waals surface area contributed by atoms with Crippen LogP contribution in [-0.4, -0.2) is 18.0 Å². The van der Waals surface area contributed by atoms with Gasteiger partial charge in [-0.25, -0.2) is 8.42 Å². The number of hydrogen-bond donors (Lipinski definition) is 1. The topological polar surface area (TPSA) is 86.1 Å². The standard InChI is InChI=1S/C7H5NO4S2.Na/c9-14(10,11)4-1-2-6-5(3-4)8-7(13)12-6;/h1-3H,(H,8,13)(H,9,10,11);/q;+1/p-1. The summed E-state index contributed by atoms with van der Waals surface area (Å²) in [5.41, 5.74) is 0.814. The third kappa shape index (κ3) is 2.68. The van der Waals surface area contributed by atoms with Crippen LogP contribution in [-0.2, 0) is 10.1 Å². The van der Waals surface area contributed by atoms with Crippen LogP contribution in [0.15, 0.2) is 27.5 Å². The molecule has 1 N–H and O–H groups in total. The van der Waals surface area contributed by atoms with Crippen molar-refractivity contribution in [2.45, 2.75) is 4.90 Å². The number of aromatic nitrogens is 1. The molecule has 0 aliphatic heterocycles. The normalized spacial score (nSPS) is 11.3. The molecule has 5 nitrogen and oxygen atoms in total. The minimum absolute atomic E-state index is 0. The summed E-state index contributed by atoms with van der Waals surface area (Å²) in [6.45, 7) is 0. The molecule has 1 aromatic heterocycles. The fourth-order valence-electron chi connectivity index (χ4n) is 1.09. The zero-order valence-corrected chi connectivity index (χ0v) is 11.3. The molecule has 2 aromatic rings. The van der Waals surface area contributed by atoms with Gasteiger partial charge in [0.1, 0.15) is 10.1 Å². The minimum atomic E-state index is -4.43. The molecule has 0 saturated heterocycles. The van der Waals surface area contributed by atoms with Crippen molar-refractivity contribution in [1.82, 2.24) is 4.98 Å². The summed E-state index contributed by atoms with van der Waals surface area (Å²) in [5.74, 6) is 0. The largest absolute Gasteiger partial charge is 1.00 e. The average Bonchev–Trinajstić information content (AvgIpc) is 2.41. The molecule has 74 valence electrons. The maximum atomic E-state index is 10.7. The smallest absolute Gasteiger partial charge is 0.744 e. The minimum Gasteiger partial charge on any atom is -0.744 e. The Balaban J connectivity index is 0.00000112. The molecule has 0 amide bonds. The van der Waals surface area contributed by atoms with E-state index in [1.807, 2.05) is 0 Å². The molecule has 2 rings (SSSR count). The van der Waals surface area contributed by atoms with E-state index >= 15 is 0 Å². The number of nitrogens with one attached hydrogen (secondary N) is 1. The van der Waals surface area contributed by atoms with Crippen molar-refractivity contribution in [3.05, 3.63) is 23.0 Å². The number of H-pyrrole nitrogens is 1. The molecule has 0 saturated carbocycles. The Kier molecular flexibility index (Phi) is 3.75. The van der Waals surface area contributed by atoms with E-state index < -0.39 is 10.1 Å². The van der Waals surface area contributed by atoms with Crippen LogP contribution in [0.3, 0.4) is 0 Å². The van der Waals surface area contributed by atoms with E-state index in [0.717, 1.165) is 0 Å². The first-order valence-corrected chi connectivity index (χ1v) is 5.37. The molecular weight excluding hydrogens is 249 g/mol. The number of aromatic amines is 1. The van der Waals surface area contributed by atoms with Crippen LogP contribution in [0.25, 0.3) is 11.1 Å². The van der Waals surface area contributed by atoms with Crippen molar-refractivity contribution in [2.24, 2.45) is 0 Å². The average molecular weight is 253 g/mol. The van der Waals surface area contributed by atoms with Crippen LogP contribution in [0, 0.1) is 4.84 Å². The first kappa shape index (κ1) is 12.9. The third-order valence-corrected chi connectivity index (χ3v) is 2.70. The van der Waals surface area contributed by atoms with Gasteiger partial charge in [-0.3, -0.25) is 0 Å². The summed E-state index contributed by atoms with van der Waals surface area (Å²) in [4.78, 5) is 2.45. The summed E-state index contributed by atoms with van der Waals surface area (Å²) < 4.78 is 37.0. The second-order valence-corrected chi connectivity index (χ2v) is 4.38. The van der Waals surface area contributed by atoms with Gasteiger partial charge in [-0.05, 0) is 30.4 Å². The first-order chi connectivity index (χ1) is 6.47. The molecule has 15 heavy (non-hydrogen) atoms. The van der Waals surface area contributed by atoms with E-state index in [1.54, 1.807) is 0 Å². The van der Waals surface area contributed by atoms with Gasteiger partial charge >= 0.3 is 29.6 Å². The molecule has 1 aromatic carbocycles. The van der Waals surface area contributed by atoms with E-state index in [9.17, 15) is 13.0 Å². The van der Waals surface area contributed by atoms with Crippen molar-refractivity contribution in [3.8, 4) is 0 Å². The third-order valence-electron chi connectivity index (χ3n) is 1.68. The molecule has 0 bridgehead atoms. The van der Waals surface area contributed by atoms with Gasteiger partial charge < -0.3 is 14.0 Å². The number of fused-ring (bicyclic) bond motifs is 1. The van der Waals surface area contributed by atoms with Crippen molar-refractivity contribution < 1.29 is 46.9 Å². The van der Waals surface area contributed by atoms with Gasteiger partial charge in [-0.2, -0.15) is 0 Å². The second kappa shape index (κ2) is 4.36. The van der Waals surface area contributed by atoms with Gasteiger partial charge in [0.2, 0.25) is 0 Å². The Hall–Kier alpha value is -0.180. The van der Waals surface area contributed by atoms with E-state index in [1.165, 1.54) is 18.2 Å². The van der Waals surface area contributed by atoms with Crippen molar-refractivity contribution in [3.63, 3.8) is 0 Å². The van der Waals surface area contributed by atoms with Crippen LogP contribution >= 0.6 is 12.2 Å². The number of hydrogen-bond acceptors (Lipinski definition) is 5. The zero-order chi connectivity index (χ0) is 10.3. The van der Waals surface area contributed by atoms with Crippen LogP contribution in [0.4, 0.5) is 0 Å². The van der Waals surface area contributed by atoms with E-state index in [-0.39, 0.29) is 39.3 Å². The quantitative estimate of drug-likeness (QED) is 0.376.